The van der Waals surface area contributed by atoms with Crippen molar-refractivity contribution in [3.8, 4) is 0 Å². The molecule has 0 saturated carbocycles. The van der Waals surface area contributed by atoms with Gasteiger partial charge in [0.15, 0.2) is 10.6 Å². The van der Waals surface area contributed by atoms with Crippen LogP contribution >= 0.6 is 34.8 Å². The predicted octanol–water partition coefficient (Wildman–Crippen LogP) is 3.73. The van der Waals surface area contributed by atoms with Gasteiger partial charge in [-0.15, -0.1) is 0 Å². The molecule has 0 aliphatic carbocycles. The van der Waals surface area contributed by atoms with E-state index in [4.69, 9.17) is 34.8 Å². The van der Waals surface area contributed by atoms with Crippen molar-refractivity contribution in [1.29, 1.82) is 0 Å². The fourth-order valence-electron chi connectivity index (χ4n) is 0.825. The number of hydrogen-bond donors (Lipinski definition) is 0. The third-order valence-corrected chi connectivity index (χ3v) is 2.21. The highest BCUT2D eigenvalue weighted by Crippen LogP contribution is 2.11. The molecule has 0 aliphatic rings. The Labute approximate surface area is 97.3 Å². The Bertz CT molecular complexity index is 341. The fourth-order valence-corrected chi connectivity index (χ4v) is 1.10. The van der Waals surface area contributed by atoms with Gasteiger partial charge in [0.25, 0.3) is 0 Å². The Balaban J connectivity index is 2.69. The van der Waals surface area contributed by atoms with Crippen molar-refractivity contribution in [1.82, 2.24) is 0 Å². The SMILES string of the molecule is O=C(/C=C/c1ccc(Cl)cc1)C(Cl)Cl. The molecule has 1 aromatic carbocycles. The summed E-state index contributed by atoms with van der Waals surface area (Å²) in [7, 11) is 0. The quantitative estimate of drug-likeness (QED) is 0.589. The molecule has 0 amide bonds. The maximum atomic E-state index is 11.0. The molecule has 0 aliphatic heterocycles. The zero-order chi connectivity index (χ0) is 10.6. The Kier molecular flexibility index (Phi) is 4.46. The summed E-state index contributed by atoms with van der Waals surface area (Å²) in [6.45, 7) is 0. The Morgan fingerprint density at radius 2 is 1.79 bits per heavy atom. The van der Waals surface area contributed by atoms with Crippen molar-refractivity contribution in [2.45, 2.75) is 4.84 Å². The van der Waals surface area contributed by atoms with Crippen LogP contribution in [0.3, 0.4) is 0 Å². The first-order valence-electron chi connectivity index (χ1n) is 3.85. The lowest BCUT2D eigenvalue weighted by Gasteiger charge is -1.94. The summed E-state index contributed by atoms with van der Waals surface area (Å²) in [5, 5.41) is 0.654. The van der Waals surface area contributed by atoms with Crippen LogP contribution in [-0.4, -0.2) is 10.6 Å². The van der Waals surface area contributed by atoms with E-state index in [1.807, 2.05) is 0 Å². The summed E-state index contributed by atoms with van der Waals surface area (Å²) in [4.78, 5) is 10.0. The molecule has 74 valence electrons. The van der Waals surface area contributed by atoms with Gasteiger partial charge in [0.1, 0.15) is 0 Å². The Morgan fingerprint density at radius 3 is 2.29 bits per heavy atom. The lowest BCUT2D eigenvalue weighted by molar-refractivity contribution is -0.113. The lowest BCUT2D eigenvalue weighted by atomic mass is 10.2. The molecule has 0 radical (unpaired) electrons. The second kappa shape index (κ2) is 5.40. The molecule has 0 N–H and O–H groups in total. The van der Waals surface area contributed by atoms with Gasteiger partial charge in [-0.05, 0) is 23.8 Å². The standard InChI is InChI=1S/C10H7Cl3O/c11-8-4-1-7(2-5-8)3-6-9(14)10(12)13/h1-6,10H/b6-3+. The molecule has 0 spiro atoms. The van der Waals surface area contributed by atoms with E-state index >= 15 is 0 Å². The zero-order valence-electron chi connectivity index (χ0n) is 7.08. The minimum atomic E-state index is -1.00. The van der Waals surface area contributed by atoms with Crippen LogP contribution in [0.1, 0.15) is 5.56 Å². The van der Waals surface area contributed by atoms with Gasteiger partial charge >= 0.3 is 0 Å². The Hall–Kier alpha value is -0.500. The largest absolute Gasteiger partial charge is 0.292 e. The lowest BCUT2D eigenvalue weighted by Crippen LogP contribution is -2.02. The highest BCUT2D eigenvalue weighted by Gasteiger charge is 2.06. The van der Waals surface area contributed by atoms with Gasteiger partial charge in [-0.25, -0.2) is 0 Å². The second-order valence-corrected chi connectivity index (χ2v) is 4.12. The minimum absolute atomic E-state index is 0.330. The van der Waals surface area contributed by atoms with Crippen LogP contribution in [-0.2, 0) is 4.79 Å². The number of ketones is 1. The van der Waals surface area contributed by atoms with E-state index in [2.05, 4.69) is 0 Å². The van der Waals surface area contributed by atoms with Gasteiger partial charge in [-0.2, -0.15) is 0 Å². The molecule has 1 rings (SSSR count). The first-order chi connectivity index (χ1) is 6.59. The number of rotatable bonds is 3. The minimum Gasteiger partial charge on any atom is -0.292 e. The highest BCUT2D eigenvalue weighted by atomic mass is 35.5. The molecule has 1 nitrogen and oxygen atoms in total. The molecule has 0 aromatic heterocycles. The van der Waals surface area contributed by atoms with Crippen molar-refractivity contribution in [3.63, 3.8) is 0 Å². The van der Waals surface area contributed by atoms with Gasteiger partial charge < -0.3 is 0 Å². The molecule has 4 heteroatoms. The smallest absolute Gasteiger partial charge is 0.188 e. The number of carbonyl (C=O) groups excluding carboxylic acids is 1. The summed E-state index contributed by atoms with van der Waals surface area (Å²) < 4.78 is 0. The number of allylic oxidation sites excluding steroid dienone is 1. The van der Waals surface area contributed by atoms with E-state index in [1.165, 1.54) is 6.08 Å². The van der Waals surface area contributed by atoms with E-state index in [0.29, 0.717) is 5.02 Å². The van der Waals surface area contributed by atoms with E-state index in [9.17, 15) is 4.79 Å². The van der Waals surface area contributed by atoms with Crippen molar-refractivity contribution in [2.75, 3.05) is 0 Å². The van der Waals surface area contributed by atoms with Gasteiger partial charge in [0, 0.05) is 5.02 Å². The molecule has 0 heterocycles. The summed E-state index contributed by atoms with van der Waals surface area (Å²) in [6, 6.07) is 7.07. The van der Waals surface area contributed by atoms with E-state index in [0.717, 1.165) is 5.56 Å². The van der Waals surface area contributed by atoms with Crippen molar-refractivity contribution >= 4 is 46.7 Å². The van der Waals surface area contributed by atoms with E-state index < -0.39 is 4.84 Å². The van der Waals surface area contributed by atoms with Gasteiger partial charge in [0.2, 0.25) is 0 Å². The average Bonchev–Trinajstić information content (AvgIpc) is 2.16. The highest BCUT2D eigenvalue weighted by molar-refractivity contribution is 6.55. The number of carbonyl (C=O) groups is 1. The molecular weight excluding hydrogens is 242 g/mol. The van der Waals surface area contributed by atoms with Gasteiger partial charge in [-0.1, -0.05) is 53.0 Å². The molecule has 0 saturated heterocycles. The number of alkyl halides is 2. The van der Waals surface area contributed by atoms with Crippen LogP contribution in [0.5, 0.6) is 0 Å². The topological polar surface area (TPSA) is 17.1 Å². The normalized spacial score (nSPS) is 11.1. The molecule has 0 fully saturated rings. The molecule has 0 atom stereocenters. The van der Waals surface area contributed by atoms with Crippen LogP contribution in [0.4, 0.5) is 0 Å². The average molecular weight is 250 g/mol. The van der Waals surface area contributed by atoms with Crippen LogP contribution < -0.4 is 0 Å². The van der Waals surface area contributed by atoms with Crippen molar-refractivity contribution in [3.05, 3.63) is 40.9 Å². The maximum Gasteiger partial charge on any atom is 0.188 e. The van der Waals surface area contributed by atoms with E-state index in [1.54, 1.807) is 30.3 Å². The summed E-state index contributed by atoms with van der Waals surface area (Å²) in [5.74, 6) is -0.330. The summed E-state index contributed by atoms with van der Waals surface area (Å²) in [5.41, 5.74) is 0.872. The van der Waals surface area contributed by atoms with Crippen molar-refractivity contribution in [2.24, 2.45) is 0 Å². The predicted molar refractivity (Wildman–Crippen MR) is 61.0 cm³/mol. The maximum absolute atomic E-state index is 11.0. The summed E-state index contributed by atoms with van der Waals surface area (Å²) >= 11 is 16.4. The molecular formula is C10H7Cl3O. The zero-order valence-corrected chi connectivity index (χ0v) is 9.35. The first kappa shape index (κ1) is 11.6. The monoisotopic (exact) mass is 248 g/mol. The second-order valence-electron chi connectivity index (χ2n) is 2.59. The fraction of sp³-hybridized carbons (Fsp3) is 0.100. The summed E-state index contributed by atoms with van der Waals surface area (Å²) in [6.07, 6.45) is 2.98. The van der Waals surface area contributed by atoms with Crippen LogP contribution in [0.25, 0.3) is 6.08 Å². The van der Waals surface area contributed by atoms with Crippen molar-refractivity contribution < 1.29 is 4.79 Å². The first-order valence-corrected chi connectivity index (χ1v) is 5.10. The van der Waals surface area contributed by atoms with Gasteiger partial charge in [-0.3, -0.25) is 4.79 Å². The third-order valence-electron chi connectivity index (χ3n) is 1.53. The van der Waals surface area contributed by atoms with Crippen LogP contribution in [0.15, 0.2) is 30.3 Å². The molecule has 0 unspecified atom stereocenters. The number of hydrogen-bond acceptors (Lipinski definition) is 1. The number of benzene rings is 1. The van der Waals surface area contributed by atoms with Gasteiger partial charge in [0.05, 0.1) is 0 Å². The van der Waals surface area contributed by atoms with Crippen LogP contribution in [0.2, 0.25) is 5.02 Å². The Morgan fingerprint density at radius 1 is 1.21 bits per heavy atom. The molecule has 1 aromatic rings. The molecule has 14 heavy (non-hydrogen) atoms. The third kappa shape index (κ3) is 3.70. The molecule has 0 bridgehead atoms. The van der Waals surface area contributed by atoms with E-state index in [-0.39, 0.29) is 5.78 Å². The number of halogens is 3. The van der Waals surface area contributed by atoms with Crippen LogP contribution in [0, 0.1) is 0 Å².